The minimum Gasteiger partial charge on any atom is -0.330 e. The molecule has 0 fully saturated rings. The summed E-state index contributed by atoms with van der Waals surface area (Å²) in [7, 11) is 0. The molecule has 0 atom stereocenters. The molecule has 2 heteroatoms. The van der Waals surface area contributed by atoms with Gasteiger partial charge in [-0.15, -0.1) is 0 Å². The predicted molar refractivity (Wildman–Crippen MR) is 43.6 cm³/mol. The molecule has 0 amide bonds. The van der Waals surface area contributed by atoms with E-state index in [1.165, 1.54) is 0 Å². The maximum Gasteiger partial charge on any atom is -0.00370 e. The van der Waals surface area contributed by atoms with Crippen molar-refractivity contribution in [2.75, 3.05) is 19.6 Å². The van der Waals surface area contributed by atoms with Crippen LogP contribution < -0.4 is 11.1 Å². The second-order valence-electron chi connectivity index (χ2n) is 1.50. The van der Waals surface area contributed by atoms with E-state index in [1.807, 2.05) is 13.8 Å². The van der Waals surface area contributed by atoms with Gasteiger partial charge in [-0.25, -0.2) is 0 Å². The Bertz CT molecular complexity index is 26.1. The maximum atomic E-state index is 5.23. The first kappa shape index (κ1) is 11.7. The van der Waals surface area contributed by atoms with Gasteiger partial charge in [-0.2, -0.15) is 0 Å². The third-order valence-electron chi connectivity index (χ3n) is 0.808. The van der Waals surface area contributed by atoms with Crippen LogP contribution in [0.25, 0.3) is 0 Å². The second-order valence-corrected chi connectivity index (χ2v) is 1.50. The molecule has 2 nitrogen and oxygen atoms in total. The Labute approximate surface area is 58.8 Å². The number of hydrogen-bond donors (Lipinski definition) is 2. The average Bonchev–Trinajstić information content (AvgIpc) is 1.94. The van der Waals surface area contributed by atoms with Gasteiger partial charge in [-0.05, 0) is 26.1 Å². The van der Waals surface area contributed by atoms with Crippen LogP contribution in [0.3, 0.4) is 0 Å². The van der Waals surface area contributed by atoms with Crippen LogP contribution in [-0.4, -0.2) is 19.6 Å². The van der Waals surface area contributed by atoms with Crippen molar-refractivity contribution >= 4 is 0 Å². The van der Waals surface area contributed by atoms with Crippen LogP contribution in [0.5, 0.6) is 0 Å². The minimum atomic E-state index is 0.799. The molecule has 3 N–H and O–H groups in total. The molecule has 0 radical (unpaired) electrons. The van der Waals surface area contributed by atoms with E-state index in [-0.39, 0.29) is 0 Å². The quantitative estimate of drug-likeness (QED) is 0.559. The highest BCUT2D eigenvalue weighted by molar-refractivity contribution is 4.42. The summed E-state index contributed by atoms with van der Waals surface area (Å²) in [6.45, 7) is 9.01. The van der Waals surface area contributed by atoms with Crippen LogP contribution in [0.1, 0.15) is 27.2 Å². The van der Waals surface area contributed by atoms with Crippen molar-refractivity contribution in [3.63, 3.8) is 0 Å². The third-order valence-corrected chi connectivity index (χ3v) is 0.808. The molecule has 0 aliphatic heterocycles. The first-order valence-corrected chi connectivity index (χ1v) is 3.82. The Morgan fingerprint density at radius 1 is 1.33 bits per heavy atom. The normalized spacial score (nSPS) is 8.00. The number of rotatable bonds is 4. The summed E-state index contributed by atoms with van der Waals surface area (Å²) in [6.07, 6.45) is 1.09. The van der Waals surface area contributed by atoms with E-state index in [0.717, 1.165) is 26.1 Å². The van der Waals surface area contributed by atoms with Gasteiger partial charge >= 0.3 is 0 Å². The Morgan fingerprint density at radius 3 is 2.22 bits per heavy atom. The maximum absolute atomic E-state index is 5.23. The fourth-order valence-corrected chi connectivity index (χ4v) is 0.404. The van der Waals surface area contributed by atoms with E-state index < -0.39 is 0 Å². The van der Waals surface area contributed by atoms with Gasteiger partial charge < -0.3 is 11.1 Å². The first-order chi connectivity index (χ1) is 4.41. The van der Waals surface area contributed by atoms with Crippen LogP contribution in [0, 0.1) is 0 Å². The molecular weight excluding hydrogens is 112 g/mol. The zero-order chi connectivity index (χ0) is 7.54. The van der Waals surface area contributed by atoms with Crippen LogP contribution in [-0.2, 0) is 0 Å². The van der Waals surface area contributed by atoms with Gasteiger partial charge in [-0.1, -0.05) is 20.8 Å². The summed E-state index contributed by atoms with van der Waals surface area (Å²) in [5.74, 6) is 0. The lowest BCUT2D eigenvalue weighted by Gasteiger charge is -1.95. The van der Waals surface area contributed by atoms with Crippen molar-refractivity contribution in [2.45, 2.75) is 27.2 Å². The second kappa shape index (κ2) is 15.7. The molecule has 0 heterocycles. The molecule has 0 spiro atoms. The summed E-state index contributed by atoms with van der Waals surface area (Å²) < 4.78 is 0. The van der Waals surface area contributed by atoms with Crippen LogP contribution in [0.4, 0.5) is 0 Å². The van der Waals surface area contributed by atoms with E-state index in [1.54, 1.807) is 0 Å². The van der Waals surface area contributed by atoms with E-state index in [2.05, 4.69) is 12.2 Å². The smallest absolute Gasteiger partial charge is 0.00370 e. The van der Waals surface area contributed by atoms with Crippen LogP contribution >= 0.6 is 0 Å². The van der Waals surface area contributed by atoms with E-state index in [9.17, 15) is 0 Å². The van der Waals surface area contributed by atoms with Gasteiger partial charge in [0.2, 0.25) is 0 Å². The fourth-order valence-electron chi connectivity index (χ4n) is 0.404. The fraction of sp³-hybridized carbons (Fsp3) is 1.00. The molecule has 0 unspecified atom stereocenters. The predicted octanol–water partition coefficient (Wildman–Crippen LogP) is 0.971. The van der Waals surface area contributed by atoms with E-state index >= 15 is 0 Å². The SMILES string of the molecule is CC.CCNCCCN. The molecule has 0 saturated heterocycles. The van der Waals surface area contributed by atoms with Gasteiger partial charge in [0.25, 0.3) is 0 Å². The zero-order valence-corrected chi connectivity index (χ0v) is 6.91. The average molecular weight is 132 g/mol. The molecule has 0 aromatic rings. The van der Waals surface area contributed by atoms with Gasteiger partial charge in [0.15, 0.2) is 0 Å². The molecule has 0 aromatic carbocycles. The highest BCUT2D eigenvalue weighted by atomic mass is 14.8. The van der Waals surface area contributed by atoms with Crippen molar-refractivity contribution < 1.29 is 0 Å². The largest absolute Gasteiger partial charge is 0.330 e. The molecule has 0 bridgehead atoms. The molecule has 0 saturated carbocycles. The number of nitrogens with two attached hydrogens (primary N) is 1. The molecular formula is C7H20N2. The van der Waals surface area contributed by atoms with E-state index in [0.29, 0.717) is 0 Å². The lowest BCUT2D eigenvalue weighted by Crippen LogP contribution is -2.17. The summed E-state index contributed by atoms with van der Waals surface area (Å²) in [5, 5.41) is 3.17. The van der Waals surface area contributed by atoms with Crippen molar-refractivity contribution in [2.24, 2.45) is 5.73 Å². The van der Waals surface area contributed by atoms with Crippen molar-refractivity contribution in [1.82, 2.24) is 5.32 Å². The van der Waals surface area contributed by atoms with Crippen molar-refractivity contribution in [3.8, 4) is 0 Å². The Kier molecular flexibility index (Phi) is 20.3. The first-order valence-electron chi connectivity index (χ1n) is 3.82. The van der Waals surface area contributed by atoms with Gasteiger partial charge in [0.1, 0.15) is 0 Å². The summed E-state index contributed by atoms with van der Waals surface area (Å²) in [5.41, 5.74) is 5.23. The van der Waals surface area contributed by atoms with Crippen molar-refractivity contribution in [1.29, 1.82) is 0 Å². The van der Waals surface area contributed by atoms with Gasteiger partial charge in [0.05, 0.1) is 0 Å². The molecule has 0 rings (SSSR count). The third kappa shape index (κ3) is 18.1. The lowest BCUT2D eigenvalue weighted by atomic mass is 10.4. The molecule has 9 heavy (non-hydrogen) atoms. The topological polar surface area (TPSA) is 38.0 Å². The minimum absolute atomic E-state index is 0.799. The Morgan fingerprint density at radius 2 is 1.89 bits per heavy atom. The monoisotopic (exact) mass is 132 g/mol. The van der Waals surface area contributed by atoms with Gasteiger partial charge in [-0.3, -0.25) is 0 Å². The molecule has 58 valence electrons. The van der Waals surface area contributed by atoms with Crippen molar-refractivity contribution in [3.05, 3.63) is 0 Å². The van der Waals surface area contributed by atoms with Gasteiger partial charge in [0, 0.05) is 0 Å². The highest BCUT2D eigenvalue weighted by Gasteiger charge is 1.77. The molecule has 0 aromatic heterocycles. The standard InChI is InChI=1S/C5H14N2.C2H6/c1-2-7-5-3-4-6;1-2/h7H,2-6H2,1H3;1-2H3. The summed E-state index contributed by atoms with van der Waals surface area (Å²) in [6, 6.07) is 0. The summed E-state index contributed by atoms with van der Waals surface area (Å²) >= 11 is 0. The van der Waals surface area contributed by atoms with Crippen LogP contribution in [0.2, 0.25) is 0 Å². The zero-order valence-electron chi connectivity index (χ0n) is 6.91. The van der Waals surface area contributed by atoms with Crippen LogP contribution in [0.15, 0.2) is 0 Å². The molecule has 0 aliphatic rings. The highest BCUT2D eigenvalue weighted by Crippen LogP contribution is 1.66. The number of nitrogens with one attached hydrogen (secondary N) is 1. The molecule has 0 aliphatic carbocycles. The lowest BCUT2D eigenvalue weighted by molar-refractivity contribution is 0.679. The summed E-state index contributed by atoms with van der Waals surface area (Å²) in [4.78, 5) is 0. The van der Waals surface area contributed by atoms with E-state index in [4.69, 9.17) is 5.73 Å². The number of hydrogen-bond acceptors (Lipinski definition) is 2. The Hall–Kier alpha value is -0.0800. The Balaban J connectivity index is 0.